The van der Waals surface area contributed by atoms with Crippen molar-refractivity contribution in [1.82, 2.24) is 4.57 Å². The lowest BCUT2D eigenvalue weighted by Gasteiger charge is -2.16. The number of aromatic nitrogens is 1. The van der Waals surface area contributed by atoms with Crippen LogP contribution in [0.5, 0.6) is 0 Å². The van der Waals surface area contributed by atoms with Gasteiger partial charge >= 0.3 is 5.97 Å². The molecular weight excluding hydrogens is 286 g/mol. The fourth-order valence-corrected chi connectivity index (χ4v) is 2.93. The lowest BCUT2D eigenvalue weighted by molar-refractivity contribution is 0.0696. The molecule has 0 saturated carbocycles. The second-order valence-electron chi connectivity index (χ2n) is 5.75. The molecule has 0 spiro atoms. The van der Waals surface area contributed by atoms with Gasteiger partial charge in [0, 0.05) is 11.4 Å². The molecule has 0 bridgehead atoms. The van der Waals surface area contributed by atoms with E-state index in [9.17, 15) is 9.90 Å². The van der Waals surface area contributed by atoms with Crippen LogP contribution in [0.3, 0.4) is 0 Å². The lowest BCUT2D eigenvalue weighted by atomic mass is 10.1. The summed E-state index contributed by atoms with van der Waals surface area (Å²) < 4.78 is 2.04. The maximum atomic E-state index is 11.6. The Bertz CT molecular complexity index is 876. The van der Waals surface area contributed by atoms with E-state index in [1.807, 2.05) is 54.0 Å². The number of aromatic carboxylic acids is 1. The van der Waals surface area contributed by atoms with Crippen LogP contribution in [0.4, 0.5) is 0 Å². The van der Waals surface area contributed by atoms with Crippen molar-refractivity contribution in [3.05, 3.63) is 77.0 Å². The Kier molecular flexibility index (Phi) is 3.78. The summed E-state index contributed by atoms with van der Waals surface area (Å²) in [5.41, 5.74) is 6.34. The number of rotatable bonds is 3. The molecule has 0 radical (unpaired) electrons. The average molecular weight is 305 g/mol. The number of benzene rings is 2. The van der Waals surface area contributed by atoms with Crippen molar-refractivity contribution in [3.63, 3.8) is 0 Å². The van der Waals surface area contributed by atoms with Gasteiger partial charge in [-0.3, -0.25) is 0 Å². The van der Waals surface area contributed by atoms with Crippen LogP contribution >= 0.6 is 0 Å². The zero-order valence-corrected chi connectivity index (χ0v) is 13.5. The molecule has 0 atom stereocenters. The number of nitrogens with zero attached hydrogens (tertiary/aromatic N) is 1. The van der Waals surface area contributed by atoms with Crippen LogP contribution in [0.1, 0.15) is 27.2 Å². The second kappa shape index (κ2) is 5.76. The van der Waals surface area contributed by atoms with Gasteiger partial charge in [-0.2, -0.15) is 0 Å². The Balaban J connectivity index is 2.35. The van der Waals surface area contributed by atoms with Gasteiger partial charge < -0.3 is 9.67 Å². The summed E-state index contributed by atoms with van der Waals surface area (Å²) in [5.74, 6) is -0.899. The van der Waals surface area contributed by atoms with E-state index in [-0.39, 0.29) is 0 Å². The van der Waals surface area contributed by atoms with E-state index in [1.54, 1.807) is 6.07 Å². The van der Waals surface area contributed by atoms with E-state index in [0.29, 0.717) is 5.56 Å². The molecule has 3 rings (SSSR count). The van der Waals surface area contributed by atoms with Crippen LogP contribution in [0, 0.1) is 20.8 Å². The van der Waals surface area contributed by atoms with Crippen molar-refractivity contribution in [3.8, 4) is 16.9 Å². The van der Waals surface area contributed by atoms with Gasteiger partial charge in [0.2, 0.25) is 0 Å². The van der Waals surface area contributed by atoms with Gasteiger partial charge in [0.25, 0.3) is 0 Å². The normalized spacial score (nSPS) is 10.7. The number of aryl methyl sites for hydroxylation is 1. The summed E-state index contributed by atoms with van der Waals surface area (Å²) >= 11 is 0. The van der Waals surface area contributed by atoms with Crippen LogP contribution in [-0.4, -0.2) is 15.6 Å². The number of hydrogen-bond donors (Lipinski definition) is 1. The van der Waals surface area contributed by atoms with Gasteiger partial charge in [0.1, 0.15) is 0 Å². The monoisotopic (exact) mass is 305 g/mol. The van der Waals surface area contributed by atoms with Crippen LogP contribution < -0.4 is 0 Å². The lowest BCUT2D eigenvalue weighted by Crippen LogP contribution is -2.04. The van der Waals surface area contributed by atoms with Gasteiger partial charge in [-0.1, -0.05) is 42.5 Å². The van der Waals surface area contributed by atoms with Crippen LogP contribution in [0.2, 0.25) is 0 Å². The quantitative estimate of drug-likeness (QED) is 0.757. The van der Waals surface area contributed by atoms with Crippen LogP contribution in [0.15, 0.2) is 54.6 Å². The van der Waals surface area contributed by atoms with Crippen LogP contribution in [-0.2, 0) is 0 Å². The predicted octanol–water partition coefficient (Wildman–Crippen LogP) is 4.77. The summed E-state index contributed by atoms with van der Waals surface area (Å²) in [6, 6.07) is 17.8. The van der Waals surface area contributed by atoms with Crippen molar-refractivity contribution in [2.24, 2.45) is 0 Å². The highest BCUT2D eigenvalue weighted by Crippen LogP contribution is 2.31. The third kappa shape index (κ3) is 2.55. The SMILES string of the molecule is Cc1cccc(-n2c(-c3ccccc3)cc(C(=O)O)c2C)c1C. The first-order valence-corrected chi connectivity index (χ1v) is 7.58. The molecule has 0 aliphatic carbocycles. The van der Waals surface area contributed by atoms with Crippen molar-refractivity contribution < 1.29 is 9.90 Å². The summed E-state index contributed by atoms with van der Waals surface area (Å²) in [6.07, 6.45) is 0. The predicted molar refractivity (Wildman–Crippen MR) is 92.4 cm³/mol. The number of carboxylic acid groups (broad SMARTS) is 1. The summed E-state index contributed by atoms with van der Waals surface area (Å²) in [6.45, 7) is 5.99. The minimum atomic E-state index is -0.899. The Labute approximate surface area is 135 Å². The molecule has 116 valence electrons. The highest BCUT2D eigenvalue weighted by molar-refractivity contribution is 5.91. The molecule has 3 heteroatoms. The van der Waals surface area contributed by atoms with Crippen molar-refractivity contribution in [1.29, 1.82) is 0 Å². The topological polar surface area (TPSA) is 42.2 Å². The first-order chi connectivity index (χ1) is 11.0. The van der Waals surface area contributed by atoms with E-state index in [1.165, 1.54) is 5.56 Å². The zero-order valence-electron chi connectivity index (χ0n) is 13.5. The van der Waals surface area contributed by atoms with Gasteiger partial charge in [-0.15, -0.1) is 0 Å². The van der Waals surface area contributed by atoms with Crippen LogP contribution in [0.25, 0.3) is 16.9 Å². The summed E-state index contributed by atoms with van der Waals surface area (Å²) in [4.78, 5) is 11.6. The molecule has 0 aliphatic rings. The van der Waals surface area contributed by atoms with E-state index >= 15 is 0 Å². The van der Waals surface area contributed by atoms with E-state index in [4.69, 9.17) is 0 Å². The molecule has 0 amide bonds. The Morgan fingerprint density at radius 2 is 1.65 bits per heavy atom. The molecule has 0 saturated heterocycles. The summed E-state index contributed by atoms with van der Waals surface area (Å²) in [7, 11) is 0. The Morgan fingerprint density at radius 1 is 0.957 bits per heavy atom. The van der Waals surface area contributed by atoms with Crippen molar-refractivity contribution in [2.45, 2.75) is 20.8 Å². The highest BCUT2D eigenvalue weighted by Gasteiger charge is 2.20. The minimum Gasteiger partial charge on any atom is -0.478 e. The maximum Gasteiger partial charge on any atom is 0.337 e. The number of carbonyl (C=O) groups is 1. The first-order valence-electron chi connectivity index (χ1n) is 7.58. The van der Waals surface area contributed by atoms with Crippen molar-refractivity contribution in [2.75, 3.05) is 0 Å². The smallest absolute Gasteiger partial charge is 0.337 e. The minimum absolute atomic E-state index is 0.338. The fraction of sp³-hybridized carbons (Fsp3) is 0.150. The Morgan fingerprint density at radius 3 is 2.30 bits per heavy atom. The van der Waals surface area contributed by atoms with E-state index in [2.05, 4.69) is 19.9 Å². The van der Waals surface area contributed by atoms with Gasteiger partial charge in [0.15, 0.2) is 0 Å². The molecule has 1 heterocycles. The third-order valence-corrected chi connectivity index (χ3v) is 4.36. The largest absolute Gasteiger partial charge is 0.478 e. The maximum absolute atomic E-state index is 11.6. The number of hydrogen-bond acceptors (Lipinski definition) is 1. The van der Waals surface area contributed by atoms with E-state index < -0.39 is 5.97 Å². The summed E-state index contributed by atoms with van der Waals surface area (Å²) in [5, 5.41) is 9.51. The molecule has 0 fully saturated rings. The Hall–Kier alpha value is -2.81. The third-order valence-electron chi connectivity index (χ3n) is 4.36. The standard InChI is InChI=1S/C20H19NO2/c1-13-8-7-11-18(14(13)2)21-15(3)17(20(22)23)12-19(21)16-9-5-4-6-10-16/h4-12H,1-3H3,(H,22,23). The van der Waals surface area contributed by atoms with Gasteiger partial charge in [-0.05, 0) is 49.6 Å². The zero-order chi connectivity index (χ0) is 16.6. The molecule has 2 aromatic carbocycles. The molecule has 1 N–H and O–H groups in total. The second-order valence-corrected chi connectivity index (χ2v) is 5.75. The number of carboxylic acids is 1. The van der Waals surface area contributed by atoms with Crippen molar-refractivity contribution >= 4 is 5.97 Å². The fourth-order valence-electron chi connectivity index (χ4n) is 2.93. The molecule has 3 aromatic rings. The van der Waals surface area contributed by atoms with Gasteiger partial charge in [0.05, 0.1) is 11.3 Å². The molecule has 1 aromatic heterocycles. The van der Waals surface area contributed by atoms with E-state index in [0.717, 1.165) is 28.2 Å². The average Bonchev–Trinajstić information content (AvgIpc) is 2.88. The van der Waals surface area contributed by atoms with Gasteiger partial charge in [-0.25, -0.2) is 4.79 Å². The first kappa shape index (κ1) is 15.1. The molecule has 23 heavy (non-hydrogen) atoms. The highest BCUT2D eigenvalue weighted by atomic mass is 16.4. The molecule has 0 unspecified atom stereocenters. The molecular formula is C20H19NO2. The molecule has 3 nitrogen and oxygen atoms in total. The molecule has 0 aliphatic heterocycles.